The lowest BCUT2D eigenvalue weighted by Crippen LogP contribution is -2.43. The van der Waals surface area contributed by atoms with Crippen molar-refractivity contribution >= 4 is 5.57 Å². The van der Waals surface area contributed by atoms with E-state index in [1.807, 2.05) is 12.1 Å². The first-order chi connectivity index (χ1) is 15.3. The maximum Gasteiger partial charge on any atom is 0.258 e. The molecule has 6 nitrogen and oxygen atoms in total. The van der Waals surface area contributed by atoms with Gasteiger partial charge in [-0.3, -0.25) is 4.98 Å². The van der Waals surface area contributed by atoms with E-state index >= 15 is 0 Å². The Morgan fingerprint density at radius 1 is 1.10 bits per heavy atom. The summed E-state index contributed by atoms with van der Waals surface area (Å²) in [6.45, 7) is 4.16. The van der Waals surface area contributed by atoms with Crippen LogP contribution in [-0.4, -0.2) is 52.4 Å². The van der Waals surface area contributed by atoms with Crippen LogP contribution >= 0.6 is 0 Å². The predicted molar refractivity (Wildman–Crippen MR) is 117 cm³/mol. The van der Waals surface area contributed by atoms with Gasteiger partial charge in [0.05, 0.1) is 6.10 Å². The van der Waals surface area contributed by atoms with Gasteiger partial charge in [0.1, 0.15) is 0 Å². The standard InChI is InChI=1S/C25H26N4O2/c1-2-8-22-20(7-1)21(24-27-23(28-31-24)18-5-3-11-26-16-18)15-25(22)9-12-29(13-10-25)17-19-6-4-14-30-19/h1-3,5,7-8,11,15-16,19H,4,6,9-10,12-14,17H2. The molecule has 3 aliphatic rings. The molecule has 6 rings (SSSR count). The monoisotopic (exact) mass is 414 g/mol. The second-order valence-corrected chi connectivity index (χ2v) is 8.86. The van der Waals surface area contributed by atoms with Crippen LogP contribution in [0.1, 0.15) is 42.7 Å². The number of piperidine rings is 1. The summed E-state index contributed by atoms with van der Waals surface area (Å²) in [5.74, 6) is 1.17. The van der Waals surface area contributed by atoms with Gasteiger partial charge in [-0.25, -0.2) is 0 Å². The third-order valence-corrected chi connectivity index (χ3v) is 6.98. The van der Waals surface area contributed by atoms with Crippen LogP contribution in [0.5, 0.6) is 0 Å². The quantitative estimate of drug-likeness (QED) is 0.641. The summed E-state index contributed by atoms with van der Waals surface area (Å²) >= 11 is 0. The summed E-state index contributed by atoms with van der Waals surface area (Å²) in [6.07, 6.45) is 10.9. The molecule has 3 aromatic rings. The number of fused-ring (bicyclic) bond motifs is 2. The number of hydrogen-bond donors (Lipinski definition) is 0. The highest BCUT2D eigenvalue weighted by atomic mass is 16.5. The van der Waals surface area contributed by atoms with Crippen LogP contribution < -0.4 is 0 Å². The van der Waals surface area contributed by atoms with Crippen LogP contribution in [0, 0.1) is 0 Å². The minimum atomic E-state index is 0.0435. The van der Waals surface area contributed by atoms with Crippen molar-refractivity contribution in [2.24, 2.45) is 0 Å². The molecule has 1 atom stereocenters. The number of pyridine rings is 1. The summed E-state index contributed by atoms with van der Waals surface area (Å²) in [6, 6.07) is 12.5. The Labute approximate surface area is 181 Å². The number of benzene rings is 1. The van der Waals surface area contributed by atoms with Gasteiger partial charge in [0, 0.05) is 42.1 Å². The van der Waals surface area contributed by atoms with Crippen molar-refractivity contribution in [3.8, 4) is 11.4 Å². The molecule has 1 spiro atoms. The SMILES string of the molecule is C1=C(c2nc(-c3cccnc3)no2)c2ccccc2C12CCN(CC1CCCO1)CC2. The molecule has 31 heavy (non-hydrogen) atoms. The van der Waals surface area contributed by atoms with E-state index in [-0.39, 0.29) is 5.41 Å². The summed E-state index contributed by atoms with van der Waals surface area (Å²) in [4.78, 5) is 11.4. The fourth-order valence-electron chi connectivity index (χ4n) is 5.33. The Bertz CT molecular complexity index is 1090. The van der Waals surface area contributed by atoms with Crippen LogP contribution in [0.15, 0.2) is 59.4 Å². The Kier molecular flexibility index (Phi) is 4.69. The van der Waals surface area contributed by atoms with E-state index in [0.717, 1.165) is 50.2 Å². The third-order valence-electron chi connectivity index (χ3n) is 6.98. The molecular formula is C25H26N4O2. The van der Waals surface area contributed by atoms with Crippen molar-refractivity contribution < 1.29 is 9.26 Å². The molecule has 0 N–H and O–H groups in total. The molecule has 2 aliphatic heterocycles. The first kappa shape index (κ1) is 18.9. The zero-order valence-electron chi connectivity index (χ0n) is 17.5. The lowest BCUT2D eigenvalue weighted by molar-refractivity contribution is 0.0597. The second kappa shape index (κ2) is 7.70. The molecule has 0 radical (unpaired) electrons. The molecule has 1 aromatic carbocycles. The summed E-state index contributed by atoms with van der Waals surface area (Å²) < 4.78 is 11.6. The van der Waals surface area contributed by atoms with Crippen molar-refractivity contribution in [2.75, 3.05) is 26.2 Å². The van der Waals surface area contributed by atoms with Gasteiger partial charge in [-0.05, 0) is 62.0 Å². The van der Waals surface area contributed by atoms with Gasteiger partial charge in [0.25, 0.3) is 5.89 Å². The van der Waals surface area contributed by atoms with Crippen LogP contribution in [0.3, 0.4) is 0 Å². The molecular weight excluding hydrogens is 388 g/mol. The average molecular weight is 415 g/mol. The molecule has 6 heteroatoms. The van der Waals surface area contributed by atoms with Crippen LogP contribution in [0.2, 0.25) is 0 Å². The lowest BCUT2D eigenvalue weighted by atomic mass is 9.74. The number of nitrogens with zero attached hydrogens (tertiary/aromatic N) is 4. The van der Waals surface area contributed by atoms with E-state index in [4.69, 9.17) is 14.2 Å². The number of ether oxygens (including phenoxy) is 1. The smallest absolute Gasteiger partial charge is 0.258 e. The van der Waals surface area contributed by atoms with Crippen molar-refractivity contribution in [3.05, 3.63) is 71.9 Å². The molecule has 0 bridgehead atoms. The van der Waals surface area contributed by atoms with Gasteiger partial charge in [-0.1, -0.05) is 35.5 Å². The lowest BCUT2D eigenvalue weighted by Gasteiger charge is -2.40. The van der Waals surface area contributed by atoms with Crippen molar-refractivity contribution in [1.29, 1.82) is 0 Å². The van der Waals surface area contributed by atoms with E-state index in [1.165, 1.54) is 24.0 Å². The number of rotatable bonds is 4. The first-order valence-corrected chi connectivity index (χ1v) is 11.2. The number of hydrogen-bond acceptors (Lipinski definition) is 6. The summed E-state index contributed by atoms with van der Waals surface area (Å²) in [5.41, 5.74) is 4.58. The molecule has 1 aliphatic carbocycles. The summed E-state index contributed by atoms with van der Waals surface area (Å²) in [7, 11) is 0. The number of allylic oxidation sites excluding steroid dienone is 1. The van der Waals surface area contributed by atoms with E-state index in [0.29, 0.717) is 17.8 Å². The van der Waals surface area contributed by atoms with Gasteiger partial charge in [0.15, 0.2) is 0 Å². The highest BCUT2D eigenvalue weighted by molar-refractivity contribution is 5.84. The van der Waals surface area contributed by atoms with E-state index in [1.54, 1.807) is 12.4 Å². The number of likely N-dealkylation sites (tertiary alicyclic amines) is 1. The van der Waals surface area contributed by atoms with E-state index in [2.05, 4.69) is 45.4 Å². The van der Waals surface area contributed by atoms with E-state index < -0.39 is 0 Å². The molecule has 2 saturated heterocycles. The van der Waals surface area contributed by atoms with Crippen molar-refractivity contribution in [2.45, 2.75) is 37.2 Å². The fraction of sp³-hybridized carbons (Fsp3) is 0.400. The first-order valence-electron chi connectivity index (χ1n) is 11.2. The van der Waals surface area contributed by atoms with Crippen LogP contribution in [0.25, 0.3) is 17.0 Å². The Morgan fingerprint density at radius 3 is 2.81 bits per heavy atom. The second-order valence-electron chi connectivity index (χ2n) is 8.86. The van der Waals surface area contributed by atoms with Gasteiger partial charge in [-0.2, -0.15) is 4.98 Å². The van der Waals surface area contributed by atoms with E-state index in [9.17, 15) is 0 Å². The summed E-state index contributed by atoms with van der Waals surface area (Å²) in [5, 5.41) is 4.22. The Balaban J connectivity index is 1.28. The normalized spacial score (nSPS) is 22.6. The van der Waals surface area contributed by atoms with Crippen LogP contribution in [0.4, 0.5) is 0 Å². The molecule has 1 unspecified atom stereocenters. The molecule has 2 fully saturated rings. The predicted octanol–water partition coefficient (Wildman–Crippen LogP) is 4.09. The Morgan fingerprint density at radius 2 is 2.00 bits per heavy atom. The maximum atomic E-state index is 5.86. The Hall–Kier alpha value is -2.83. The molecule has 4 heterocycles. The highest BCUT2D eigenvalue weighted by Crippen LogP contribution is 2.48. The van der Waals surface area contributed by atoms with Crippen molar-refractivity contribution in [3.63, 3.8) is 0 Å². The highest BCUT2D eigenvalue weighted by Gasteiger charge is 2.42. The zero-order valence-corrected chi connectivity index (χ0v) is 17.5. The van der Waals surface area contributed by atoms with Crippen LogP contribution in [-0.2, 0) is 10.2 Å². The molecule has 158 valence electrons. The minimum absolute atomic E-state index is 0.0435. The van der Waals surface area contributed by atoms with Gasteiger partial charge in [-0.15, -0.1) is 0 Å². The third kappa shape index (κ3) is 3.40. The minimum Gasteiger partial charge on any atom is -0.377 e. The van der Waals surface area contributed by atoms with Gasteiger partial charge < -0.3 is 14.2 Å². The molecule has 0 amide bonds. The topological polar surface area (TPSA) is 64.3 Å². The zero-order chi connectivity index (χ0) is 20.7. The maximum absolute atomic E-state index is 5.86. The average Bonchev–Trinajstić information content (AvgIpc) is 3.57. The van der Waals surface area contributed by atoms with Gasteiger partial charge >= 0.3 is 0 Å². The fourth-order valence-corrected chi connectivity index (χ4v) is 5.33. The molecule has 0 saturated carbocycles. The van der Waals surface area contributed by atoms with Crippen molar-refractivity contribution in [1.82, 2.24) is 20.0 Å². The molecule has 2 aromatic heterocycles. The number of aromatic nitrogens is 3. The largest absolute Gasteiger partial charge is 0.377 e. The van der Waals surface area contributed by atoms with Gasteiger partial charge in [0.2, 0.25) is 5.82 Å².